The molecule has 0 saturated heterocycles. The Morgan fingerprint density at radius 2 is 1.65 bits per heavy atom. The third kappa shape index (κ3) is 2.26. The van der Waals surface area contributed by atoms with E-state index in [4.69, 9.17) is 26.8 Å². The topological polar surface area (TPSA) is 44.5 Å². The summed E-state index contributed by atoms with van der Waals surface area (Å²) in [6, 6.07) is 13.7. The van der Waals surface area contributed by atoms with Gasteiger partial charge in [0.25, 0.3) is 5.79 Å². The molecule has 0 bridgehead atoms. The molecule has 0 fully saturated rings. The van der Waals surface area contributed by atoms with Gasteiger partial charge in [-0.05, 0) is 53.2 Å². The number of ether oxygens (including phenoxy) is 2. The Morgan fingerprint density at radius 3 is 2.35 bits per heavy atom. The lowest BCUT2D eigenvalue weighted by Gasteiger charge is -2.23. The van der Waals surface area contributed by atoms with E-state index in [9.17, 15) is 4.39 Å². The average Bonchev–Trinajstić information content (AvgIpc) is 2.80. The molecular formula is C18H13ClFNO2. The van der Waals surface area contributed by atoms with Crippen molar-refractivity contribution >= 4 is 28.1 Å². The van der Waals surface area contributed by atoms with Crippen molar-refractivity contribution in [1.82, 2.24) is 0 Å². The van der Waals surface area contributed by atoms with Crippen molar-refractivity contribution in [1.29, 1.82) is 0 Å². The molecule has 0 aliphatic carbocycles. The highest BCUT2D eigenvalue weighted by Gasteiger charge is 2.41. The molecule has 0 amide bonds. The quantitative estimate of drug-likeness (QED) is 0.648. The Balaban J connectivity index is 1.81. The van der Waals surface area contributed by atoms with Gasteiger partial charge in [-0.25, -0.2) is 4.39 Å². The molecule has 0 radical (unpaired) electrons. The van der Waals surface area contributed by atoms with Gasteiger partial charge in [-0.15, -0.1) is 0 Å². The molecule has 1 unspecified atom stereocenters. The molecule has 1 aliphatic heterocycles. The fraction of sp³-hybridized carbons (Fsp3) is 0.111. The van der Waals surface area contributed by atoms with Gasteiger partial charge in [-0.1, -0.05) is 17.7 Å². The molecule has 0 saturated carbocycles. The highest BCUT2D eigenvalue weighted by atomic mass is 35.5. The second kappa shape index (κ2) is 4.77. The summed E-state index contributed by atoms with van der Waals surface area (Å²) in [6.07, 6.45) is 0. The summed E-state index contributed by atoms with van der Waals surface area (Å²) in [6.45, 7) is 1.68. The number of fused-ring (bicyclic) bond motifs is 2. The average molecular weight is 330 g/mol. The first-order chi connectivity index (χ1) is 10.9. The molecule has 3 aromatic carbocycles. The highest BCUT2D eigenvalue weighted by molar-refractivity contribution is 6.30. The first kappa shape index (κ1) is 14.2. The molecule has 5 heteroatoms. The van der Waals surface area contributed by atoms with Crippen molar-refractivity contribution in [2.45, 2.75) is 12.7 Å². The minimum atomic E-state index is -1.24. The lowest BCUT2D eigenvalue weighted by molar-refractivity contribution is -0.0706. The van der Waals surface area contributed by atoms with E-state index in [1.54, 1.807) is 19.1 Å². The van der Waals surface area contributed by atoms with E-state index in [0.717, 1.165) is 10.8 Å². The van der Waals surface area contributed by atoms with Crippen LogP contribution in [0.1, 0.15) is 12.5 Å². The van der Waals surface area contributed by atoms with E-state index < -0.39 is 11.6 Å². The predicted molar refractivity (Wildman–Crippen MR) is 88.4 cm³/mol. The Hall–Kier alpha value is -2.46. The van der Waals surface area contributed by atoms with Crippen LogP contribution in [0.3, 0.4) is 0 Å². The zero-order valence-corrected chi connectivity index (χ0v) is 13.0. The lowest BCUT2D eigenvalue weighted by Crippen LogP contribution is -2.32. The molecule has 1 aliphatic rings. The number of nitrogen functional groups attached to an aromatic ring is 1. The zero-order valence-electron chi connectivity index (χ0n) is 12.3. The molecule has 23 heavy (non-hydrogen) atoms. The fourth-order valence-corrected chi connectivity index (χ4v) is 3.00. The smallest absolute Gasteiger partial charge is 0.278 e. The van der Waals surface area contributed by atoms with Crippen LogP contribution in [0.5, 0.6) is 11.5 Å². The molecule has 2 N–H and O–H groups in total. The molecule has 3 aromatic rings. The van der Waals surface area contributed by atoms with Crippen molar-refractivity contribution < 1.29 is 13.9 Å². The molecule has 4 rings (SSSR count). The van der Waals surface area contributed by atoms with Crippen LogP contribution in [0, 0.1) is 5.82 Å². The Morgan fingerprint density at radius 1 is 0.957 bits per heavy atom. The summed E-state index contributed by atoms with van der Waals surface area (Å²) >= 11 is 5.81. The molecule has 0 spiro atoms. The van der Waals surface area contributed by atoms with Crippen LogP contribution < -0.4 is 15.2 Å². The minimum Gasteiger partial charge on any atom is -0.444 e. The van der Waals surface area contributed by atoms with E-state index in [0.29, 0.717) is 27.8 Å². The lowest BCUT2D eigenvalue weighted by atomic mass is 10.1. The zero-order chi connectivity index (χ0) is 16.2. The maximum absolute atomic E-state index is 14.2. The Labute approximate surface area is 137 Å². The van der Waals surface area contributed by atoms with Gasteiger partial charge in [0.1, 0.15) is 5.82 Å². The van der Waals surface area contributed by atoms with Gasteiger partial charge < -0.3 is 15.2 Å². The molecular weight excluding hydrogens is 317 g/mol. The van der Waals surface area contributed by atoms with Crippen LogP contribution in [0.15, 0.2) is 48.5 Å². The van der Waals surface area contributed by atoms with Gasteiger partial charge >= 0.3 is 0 Å². The summed E-state index contributed by atoms with van der Waals surface area (Å²) in [7, 11) is 0. The third-order valence-corrected chi connectivity index (χ3v) is 4.19. The van der Waals surface area contributed by atoms with Crippen LogP contribution in [-0.4, -0.2) is 0 Å². The molecule has 1 heterocycles. The summed E-state index contributed by atoms with van der Waals surface area (Å²) < 4.78 is 26.0. The van der Waals surface area contributed by atoms with Gasteiger partial charge in [0.2, 0.25) is 0 Å². The number of rotatable bonds is 1. The standard InChI is InChI=1S/C18H13ClFNO2/c1-18(14-5-3-12(19)9-15(14)20)22-16-7-10-2-4-13(21)6-11(10)8-17(16)23-18/h2-9H,21H2,1H3. The monoisotopic (exact) mass is 329 g/mol. The summed E-state index contributed by atoms with van der Waals surface area (Å²) in [5.74, 6) is -0.583. The van der Waals surface area contributed by atoms with Crippen LogP contribution in [0.2, 0.25) is 5.02 Å². The first-order valence-corrected chi connectivity index (χ1v) is 7.49. The van der Waals surface area contributed by atoms with E-state index in [1.165, 1.54) is 6.07 Å². The number of nitrogens with two attached hydrogens (primary N) is 1. The molecule has 0 aromatic heterocycles. The van der Waals surface area contributed by atoms with E-state index in [2.05, 4.69) is 0 Å². The third-order valence-electron chi connectivity index (χ3n) is 3.96. The highest BCUT2D eigenvalue weighted by Crippen LogP contribution is 2.46. The normalized spacial score (nSPS) is 19.3. The second-order valence-electron chi connectivity index (χ2n) is 5.68. The van der Waals surface area contributed by atoms with Crippen LogP contribution in [0.4, 0.5) is 10.1 Å². The summed E-state index contributed by atoms with van der Waals surface area (Å²) in [5, 5.41) is 2.24. The van der Waals surface area contributed by atoms with Crippen LogP contribution in [-0.2, 0) is 5.79 Å². The van der Waals surface area contributed by atoms with Crippen molar-refractivity contribution in [2.75, 3.05) is 5.73 Å². The van der Waals surface area contributed by atoms with Crippen molar-refractivity contribution in [3.05, 3.63) is 64.9 Å². The first-order valence-electron chi connectivity index (χ1n) is 7.11. The largest absolute Gasteiger partial charge is 0.444 e. The minimum absolute atomic E-state index is 0.293. The SMILES string of the molecule is CC1(c2ccc(Cl)cc2F)Oc2cc3ccc(N)cc3cc2O1. The predicted octanol–water partition coefficient (Wildman–Crippen LogP) is 4.86. The number of hydrogen-bond acceptors (Lipinski definition) is 3. The summed E-state index contributed by atoms with van der Waals surface area (Å²) in [4.78, 5) is 0. The van der Waals surface area contributed by atoms with Crippen LogP contribution >= 0.6 is 11.6 Å². The van der Waals surface area contributed by atoms with E-state index in [-0.39, 0.29) is 0 Å². The molecule has 3 nitrogen and oxygen atoms in total. The van der Waals surface area contributed by atoms with Gasteiger partial charge in [-0.2, -0.15) is 0 Å². The van der Waals surface area contributed by atoms with Crippen LogP contribution in [0.25, 0.3) is 10.8 Å². The van der Waals surface area contributed by atoms with E-state index in [1.807, 2.05) is 30.3 Å². The maximum atomic E-state index is 14.2. The van der Waals surface area contributed by atoms with Gasteiger partial charge in [0.05, 0.1) is 5.56 Å². The van der Waals surface area contributed by atoms with E-state index >= 15 is 0 Å². The number of benzene rings is 3. The van der Waals surface area contributed by atoms with Gasteiger partial charge in [0.15, 0.2) is 11.5 Å². The number of hydrogen-bond donors (Lipinski definition) is 1. The Kier molecular flexibility index (Phi) is 2.93. The fourth-order valence-electron chi connectivity index (χ4n) is 2.84. The van der Waals surface area contributed by atoms with Gasteiger partial charge in [-0.3, -0.25) is 0 Å². The van der Waals surface area contributed by atoms with Crippen molar-refractivity contribution in [3.8, 4) is 11.5 Å². The van der Waals surface area contributed by atoms with Gasteiger partial charge in [0, 0.05) is 17.6 Å². The second-order valence-corrected chi connectivity index (χ2v) is 6.12. The molecule has 1 atom stereocenters. The maximum Gasteiger partial charge on any atom is 0.278 e. The van der Waals surface area contributed by atoms with Crippen molar-refractivity contribution in [3.63, 3.8) is 0 Å². The molecule has 116 valence electrons. The number of halogens is 2. The Bertz CT molecular complexity index is 944. The van der Waals surface area contributed by atoms with Crippen molar-refractivity contribution in [2.24, 2.45) is 0 Å². The number of anilines is 1. The summed E-state index contributed by atoms with van der Waals surface area (Å²) in [5.41, 5.74) is 6.78.